The van der Waals surface area contributed by atoms with Gasteiger partial charge >= 0.3 is 0 Å². The average molecular weight is 270 g/mol. The van der Waals surface area contributed by atoms with E-state index in [1.54, 1.807) is 13.0 Å². The molecule has 2 aliphatic carbocycles. The van der Waals surface area contributed by atoms with Crippen LogP contribution in [-0.2, 0) is 0 Å². The minimum absolute atomic E-state index is 0.132. The van der Waals surface area contributed by atoms with Crippen molar-refractivity contribution >= 4 is 11.0 Å². The number of hydrogen-bond acceptors (Lipinski definition) is 1. The maximum atomic E-state index is 13.8. The van der Waals surface area contributed by atoms with Crippen LogP contribution in [-0.4, -0.2) is 9.55 Å². The summed E-state index contributed by atoms with van der Waals surface area (Å²) in [7, 11) is 0. The Hall–Kier alpha value is -1.64. The first-order valence-corrected chi connectivity index (χ1v) is 7.42. The first-order valence-electron chi connectivity index (χ1n) is 7.42. The lowest BCUT2D eigenvalue weighted by Crippen LogP contribution is -2.07. The van der Waals surface area contributed by atoms with E-state index in [9.17, 15) is 4.39 Å². The lowest BCUT2D eigenvalue weighted by atomic mass is 10.0. The molecule has 0 radical (unpaired) electrons. The first-order chi connectivity index (χ1) is 9.69. The second-order valence-corrected chi connectivity index (χ2v) is 6.38. The predicted molar refractivity (Wildman–Crippen MR) is 78.0 cm³/mol. The summed E-state index contributed by atoms with van der Waals surface area (Å²) < 4.78 is 16.0. The molecule has 1 aromatic heterocycles. The van der Waals surface area contributed by atoms with E-state index < -0.39 is 0 Å². The standard InChI is InChI=1S/C17H19FN2/c1-3-4-12-13-6-11(7-14(12)13)20-9-19-16-5-10(2)15(18)8-17(16)20/h3,5,8-9,11-14H,1,4,6-7H2,2H3. The maximum Gasteiger partial charge on any atom is 0.128 e. The molecule has 2 unspecified atom stereocenters. The van der Waals surface area contributed by atoms with E-state index in [1.807, 2.05) is 18.5 Å². The molecule has 0 aliphatic heterocycles. The number of benzene rings is 1. The van der Waals surface area contributed by atoms with E-state index in [2.05, 4.69) is 16.1 Å². The van der Waals surface area contributed by atoms with Crippen LogP contribution < -0.4 is 0 Å². The lowest BCUT2D eigenvalue weighted by molar-refractivity contribution is 0.436. The van der Waals surface area contributed by atoms with Crippen LogP contribution in [0.15, 0.2) is 31.1 Å². The summed E-state index contributed by atoms with van der Waals surface area (Å²) in [6, 6.07) is 3.98. The zero-order valence-corrected chi connectivity index (χ0v) is 11.7. The van der Waals surface area contributed by atoms with Crippen molar-refractivity contribution in [3.63, 3.8) is 0 Å². The van der Waals surface area contributed by atoms with Crippen molar-refractivity contribution in [3.8, 4) is 0 Å². The Morgan fingerprint density at radius 3 is 2.85 bits per heavy atom. The smallest absolute Gasteiger partial charge is 0.128 e. The molecule has 104 valence electrons. The van der Waals surface area contributed by atoms with Crippen molar-refractivity contribution < 1.29 is 4.39 Å². The van der Waals surface area contributed by atoms with Crippen LogP contribution in [0.5, 0.6) is 0 Å². The van der Waals surface area contributed by atoms with E-state index in [-0.39, 0.29) is 5.82 Å². The highest BCUT2D eigenvalue weighted by Crippen LogP contribution is 2.62. The molecule has 1 heterocycles. The summed E-state index contributed by atoms with van der Waals surface area (Å²) >= 11 is 0. The van der Waals surface area contributed by atoms with Crippen LogP contribution in [0.1, 0.15) is 30.9 Å². The molecule has 2 saturated carbocycles. The van der Waals surface area contributed by atoms with Gasteiger partial charge in [0.15, 0.2) is 0 Å². The summed E-state index contributed by atoms with van der Waals surface area (Å²) in [5, 5.41) is 0. The van der Waals surface area contributed by atoms with Crippen molar-refractivity contribution in [2.45, 2.75) is 32.2 Å². The Kier molecular flexibility index (Phi) is 2.53. The Morgan fingerprint density at radius 2 is 2.15 bits per heavy atom. The van der Waals surface area contributed by atoms with Gasteiger partial charge in [-0.25, -0.2) is 9.37 Å². The van der Waals surface area contributed by atoms with Gasteiger partial charge in [-0.1, -0.05) is 6.08 Å². The minimum Gasteiger partial charge on any atom is -0.327 e. The number of fused-ring (bicyclic) bond motifs is 2. The largest absolute Gasteiger partial charge is 0.327 e. The highest BCUT2D eigenvalue weighted by Gasteiger charge is 2.55. The van der Waals surface area contributed by atoms with Crippen LogP contribution in [0.2, 0.25) is 0 Å². The van der Waals surface area contributed by atoms with Gasteiger partial charge in [0.1, 0.15) is 5.82 Å². The molecular formula is C17H19FN2. The van der Waals surface area contributed by atoms with Crippen molar-refractivity contribution in [2.75, 3.05) is 0 Å². The number of allylic oxidation sites excluding steroid dienone is 1. The van der Waals surface area contributed by atoms with Gasteiger partial charge in [-0.3, -0.25) is 0 Å². The number of hydrogen-bond donors (Lipinski definition) is 0. The zero-order valence-electron chi connectivity index (χ0n) is 11.7. The number of halogens is 1. The second-order valence-electron chi connectivity index (χ2n) is 6.38. The van der Waals surface area contributed by atoms with Crippen LogP contribution in [0.25, 0.3) is 11.0 Å². The zero-order chi connectivity index (χ0) is 13.9. The summed E-state index contributed by atoms with van der Waals surface area (Å²) in [4.78, 5) is 4.44. The SMILES string of the molecule is C=CCC1C2CC(n3cnc4cc(C)c(F)cc43)CC12. The van der Waals surface area contributed by atoms with Crippen molar-refractivity contribution in [3.05, 3.63) is 42.5 Å². The number of rotatable bonds is 3. The van der Waals surface area contributed by atoms with Crippen LogP contribution in [0.4, 0.5) is 4.39 Å². The highest BCUT2D eigenvalue weighted by atomic mass is 19.1. The van der Waals surface area contributed by atoms with Gasteiger partial charge in [0, 0.05) is 12.1 Å². The van der Waals surface area contributed by atoms with Gasteiger partial charge in [-0.2, -0.15) is 0 Å². The van der Waals surface area contributed by atoms with Gasteiger partial charge in [0.2, 0.25) is 0 Å². The van der Waals surface area contributed by atoms with Gasteiger partial charge in [0.25, 0.3) is 0 Å². The Bertz CT molecular complexity index is 676. The summed E-state index contributed by atoms with van der Waals surface area (Å²) in [5.41, 5.74) is 2.52. The fraction of sp³-hybridized carbons (Fsp3) is 0.471. The molecule has 2 nitrogen and oxygen atoms in total. The Balaban J connectivity index is 1.62. The molecule has 2 atom stereocenters. The average Bonchev–Trinajstić information content (AvgIpc) is 2.81. The Morgan fingerprint density at radius 1 is 1.40 bits per heavy atom. The molecule has 2 fully saturated rings. The number of imidazole rings is 1. The van der Waals surface area contributed by atoms with E-state index in [1.165, 1.54) is 12.8 Å². The third kappa shape index (κ3) is 1.65. The molecule has 3 heteroatoms. The maximum absolute atomic E-state index is 13.8. The van der Waals surface area contributed by atoms with Crippen LogP contribution in [0.3, 0.4) is 0 Å². The van der Waals surface area contributed by atoms with Gasteiger partial charge in [-0.15, -0.1) is 6.58 Å². The molecule has 2 aromatic rings. The summed E-state index contributed by atoms with van der Waals surface area (Å²) in [5.74, 6) is 2.43. The summed E-state index contributed by atoms with van der Waals surface area (Å²) in [6.07, 6.45) is 7.51. The molecular weight excluding hydrogens is 251 g/mol. The quantitative estimate of drug-likeness (QED) is 0.762. The van der Waals surface area contributed by atoms with Gasteiger partial charge < -0.3 is 4.57 Å². The molecule has 2 aliphatic rings. The topological polar surface area (TPSA) is 17.8 Å². The second kappa shape index (κ2) is 4.18. The Labute approximate surface area is 118 Å². The minimum atomic E-state index is -0.132. The normalized spacial score (nSPS) is 31.5. The molecule has 1 aromatic carbocycles. The molecule has 0 saturated heterocycles. The number of nitrogens with zero attached hydrogens (tertiary/aromatic N) is 2. The molecule has 0 bridgehead atoms. The van der Waals surface area contributed by atoms with E-state index >= 15 is 0 Å². The van der Waals surface area contributed by atoms with Crippen molar-refractivity contribution in [1.82, 2.24) is 9.55 Å². The van der Waals surface area contributed by atoms with Gasteiger partial charge in [-0.05, 0) is 55.6 Å². The fourth-order valence-corrected chi connectivity index (χ4v) is 4.16. The molecule has 0 amide bonds. The first kappa shape index (κ1) is 12.1. The number of aryl methyl sites for hydroxylation is 1. The number of aromatic nitrogens is 2. The molecule has 0 spiro atoms. The monoisotopic (exact) mass is 270 g/mol. The van der Waals surface area contributed by atoms with E-state index in [0.29, 0.717) is 11.6 Å². The fourth-order valence-electron chi connectivity index (χ4n) is 4.16. The lowest BCUT2D eigenvalue weighted by Gasteiger charge is -2.16. The van der Waals surface area contributed by atoms with Gasteiger partial charge in [0.05, 0.1) is 17.4 Å². The van der Waals surface area contributed by atoms with Crippen LogP contribution in [0, 0.1) is 30.5 Å². The van der Waals surface area contributed by atoms with Crippen molar-refractivity contribution in [1.29, 1.82) is 0 Å². The van der Waals surface area contributed by atoms with E-state index in [4.69, 9.17) is 0 Å². The summed E-state index contributed by atoms with van der Waals surface area (Å²) in [6.45, 7) is 5.63. The third-order valence-corrected chi connectivity index (χ3v) is 5.28. The molecule has 20 heavy (non-hydrogen) atoms. The van der Waals surface area contributed by atoms with Crippen LogP contribution >= 0.6 is 0 Å². The molecule has 0 N–H and O–H groups in total. The third-order valence-electron chi connectivity index (χ3n) is 5.28. The van der Waals surface area contributed by atoms with Crippen molar-refractivity contribution in [2.24, 2.45) is 17.8 Å². The molecule has 4 rings (SSSR count). The highest BCUT2D eigenvalue weighted by molar-refractivity contribution is 5.76. The van der Waals surface area contributed by atoms with E-state index in [0.717, 1.165) is 35.2 Å². The predicted octanol–water partition coefficient (Wildman–Crippen LogP) is 4.26.